The molecule has 16 heavy (non-hydrogen) atoms. The molecule has 1 aromatic rings. The van der Waals surface area contributed by atoms with E-state index in [1.54, 1.807) is 6.20 Å². The quantitative estimate of drug-likeness (QED) is 0.753. The Balaban J connectivity index is 2.44. The van der Waals surface area contributed by atoms with Gasteiger partial charge in [-0.25, -0.2) is 4.98 Å². The van der Waals surface area contributed by atoms with Gasteiger partial charge in [0.2, 0.25) is 0 Å². The first-order valence-electron chi connectivity index (χ1n) is 5.64. The summed E-state index contributed by atoms with van der Waals surface area (Å²) in [6.45, 7) is 5.19. The molecule has 1 rings (SSSR count). The highest BCUT2D eigenvalue weighted by atomic mass is 35.5. The lowest BCUT2D eigenvalue weighted by molar-refractivity contribution is 0.0323. The lowest BCUT2D eigenvalue weighted by atomic mass is 9.97. The first-order chi connectivity index (χ1) is 7.61. The molecule has 4 heteroatoms. The zero-order chi connectivity index (χ0) is 12.0. The Labute approximate surface area is 102 Å². The van der Waals surface area contributed by atoms with Crippen LogP contribution in [0, 0.1) is 0 Å². The van der Waals surface area contributed by atoms with Crippen molar-refractivity contribution < 1.29 is 5.11 Å². The highest BCUT2D eigenvalue weighted by Crippen LogP contribution is 2.14. The maximum atomic E-state index is 10.1. The van der Waals surface area contributed by atoms with Gasteiger partial charge in [0.05, 0.1) is 5.60 Å². The van der Waals surface area contributed by atoms with Crippen molar-refractivity contribution in [3.05, 3.63) is 29.0 Å². The Bertz CT molecular complexity index is 327. The zero-order valence-electron chi connectivity index (χ0n) is 9.83. The maximum absolute atomic E-state index is 10.1. The number of hydrogen-bond acceptors (Lipinski definition) is 3. The van der Waals surface area contributed by atoms with E-state index in [-0.39, 0.29) is 0 Å². The summed E-state index contributed by atoms with van der Waals surface area (Å²) in [6.07, 6.45) is 3.16. The number of pyridine rings is 1. The molecule has 1 aromatic heterocycles. The molecule has 0 amide bonds. The van der Waals surface area contributed by atoms with Crippen LogP contribution in [-0.2, 0) is 6.54 Å². The van der Waals surface area contributed by atoms with Gasteiger partial charge in [-0.15, -0.1) is 0 Å². The van der Waals surface area contributed by atoms with Crippen molar-refractivity contribution in [3.8, 4) is 0 Å². The molecule has 0 saturated heterocycles. The summed E-state index contributed by atoms with van der Waals surface area (Å²) in [5, 5.41) is 13.8. The van der Waals surface area contributed by atoms with E-state index in [0.717, 1.165) is 18.4 Å². The van der Waals surface area contributed by atoms with Crippen LogP contribution in [0.3, 0.4) is 0 Å². The summed E-state index contributed by atoms with van der Waals surface area (Å²) in [4.78, 5) is 4.00. The Hall–Kier alpha value is -0.640. The third kappa shape index (κ3) is 3.74. The number of halogens is 1. The van der Waals surface area contributed by atoms with Crippen LogP contribution in [0.5, 0.6) is 0 Å². The van der Waals surface area contributed by atoms with Gasteiger partial charge in [-0.3, -0.25) is 0 Å². The highest BCUT2D eigenvalue weighted by molar-refractivity contribution is 6.30. The molecule has 3 nitrogen and oxygen atoms in total. The van der Waals surface area contributed by atoms with E-state index in [0.29, 0.717) is 18.2 Å². The molecule has 0 bridgehead atoms. The highest BCUT2D eigenvalue weighted by Gasteiger charge is 2.21. The number of rotatable bonds is 6. The zero-order valence-corrected chi connectivity index (χ0v) is 10.6. The maximum Gasteiger partial charge on any atom is 0.133 e. The molecular weight excluding hydrogens is 224 g/mol. The first-order valence-corrected chi connectivity index (χ1v) is 6.01. The molecule has 0 aliphatic heterocycles. The van der Waals surface area contributed by atoms with Crippen LogP contribution in [0.15, 0.2) is 18.3 Å². The van der Waals surface area contributed by atoms with Crippen molar-refractivity contribution in [2.75, 3.05) is 6.54 Å². The smallest absolute Gasteiger partial charge is 0.133 e. The van der Waals surface area contributed by atoms with E-state index < -0.39 is 5.60 Å². The van der Waals surface area contributed by atoms with E-state index in [1.807, 2.05) is 26.0 Å². The number of hydrogen-bond donors (Lipinski definition) is 2. The molecule has 0 aliphatic carbocycles. The van der Waals surface area contributed by atoms with Crippen LogP contribution in [0.1, 0.15) is 32.3 Å². The minimum absolute atomic E-state index is 0.520. The van der Waals surface area contributed by atoms with E-state index in [2.05, 4.69) is 10.3 Å². The third-order valence-electron chi connectivity index (χ3n) is 2.92. The van der Waals surface area contributed by atoms with Crippen LogP contribution in [0.4, 0.5) is 0 Å². The molecule has 1 heterocycles. The Kier molecular flexibility index (Phi) is 5.19. The monoisotopic (exact) mass is 242 g/mol. The molecule has 2 N–H and O–H groups in total. The van der Waals surface area contributed by atoms with Gasteiger partial charge < -0.3 is 10.4 Å². The number of aliphatic hydroxyl groups is 1. The van der Waals surface area contributed by atoms with Crippen molar-refractivity contribution in [1.82, 2.24) is 10.3 Å². The van der Waals surface area contributed by atoms with Crippen molar-refractivity contribution in [3.63, 3.8) is 0 Å². The van der Waals surface area contributed by atoms with Crippen LogP contribution < -0.4 is 5.32 Å². The topological polar surface area (TPSA) is 45.1 Å². The average molecular weight is 243 g/mol. The largest absolute Gasteiger partial charge is 0.389 e. The third-order valence-corrected chi connectivity index (χ3v) is 3.26. The van der Waals surface area contributed by atoms with Crippen LogP contribution in [0.2, 0.25) is 5.15 Å². The Morgan fingerprint density at radius 2 is 2.12 bits per heavy atom. The second kappa shape index (κ2) is 6.18. The minimum atomic E-state index is -0.616. The van der Waals surface area contributed by atoms with Crippen LogP contribution in [-0.4, -0.2) is 22.2 Å². The van der Waals surface area contributed by atoms with E-state index in [4.69, 9.17) is 11.6 Å². The van der Waals surface area contributed by atoms with Crippen molar-refractivity contribution in [2.45, 2.75) is 38.8 Å². The fourth-order valence-electron chi connectivity index (χ4n) is 1.48. The van der Waals surface area contributed by atoms with Gasteiger partial charge in [-0.05, 0) is 18.9 Å². The summed E-state index contributed by atoms with van der Waals surface area (Å²) < 4.78 is 0. The molecule has 90 valence electrons. The molecule has 0 aromatic carbocycles. The predicted molar refractivity (Wildman–Crippen MR) is 66.5 cm³/mol. The van der Waals surface area contributed by atoms with Crippen LogP contribution >= 0.6 is 11.6 Å². The summed E-state index contributed by atoms with van der Waals surface area (Å²) in [6, 6.07) is 3.79. The van der Waals surface area contributed by atoms with Gasteiger partial charge in [0.1, 0.15) is 5.15 Å². The standard InChI is InChI=1S/C12H19ClN2O/c1-3-12(16,4-2)9-14-8-10-6-5-7-15-11(10)13/h5-7,14,16H,3-4,8-9H2,1-2H3. The average Bonchev–Trinajstić information content (AvgIpc) is 2.31. The fraction of sp³-hybridized carbons (Fsp3) is 0.583. The predicted octanol–water partition coefficient (Wildman–Crippen LogP) is 2.38. The normalized spacial score (nSPS) is 11.8. The van der Waals surface area contributed by atoms with Gasteiger partial charge >= 0.3 is 0 Å². The molecular formula is C12H19ClN2O. The Morgan fingerprint density at radius 3 is 2.69 bits per heavy atom. The summed E-state index contributed by atoms with van der Waals surface area (Å²) in [5.74, 6) is 0. The van der Waals surface area contributed by atoms with Gasteiger partial charge in [-0.2, -0.15) is 0 Å². The molecule has 0 aliphatic rings. The summed E-state index contributed by atoms with van der Waals surface area (Å²) >= 11 is 5.93. The second-order valence-electron chi connectivity index (χ2n) is 3.99. The molecule has 0 fully saturated rings. The van der Waals surface area contributed by atoms with Gasteiger partial charge in [0.25, 0.3) is 0 Å². The fourth-order valence-corrected chi connectivity index (χ4v) is 1.67. The van der Waals surface area contributed by atoms with Gasteiger partial charge in [0.15, 0.2) is 0 Å². The van der Waals surface area contributed by atoms with Crippen molar-refractivity contribution in [2.24, 2.45) is 0 Å². The molecule has 0 saturated carbocycles. The number of nitrogens with one attached hydrogen (secondary N) is 1. The number of nitrogens with zero attached hydrogens (tertiary/aromatic N) is 1. The molecule has 0 spiro atoms. The van der Waals surface area contributed by atoms with Crippen LogP contribution in [0.25, 0.3) is 0 Å². The number of aromatic nitrogens is 1. The first kappa shape index (κ1) is 13.4. The lowest BCUT2D eigenvalue weighted by Gasteiger charge is -2.25. The van der Waals surface area contributed by atoms with E-state index in [9.17, 15) is 5.11 Å². The molecule has 0 radical (unpaired) electrons. The van der Waals surface area contributed by atoms with Gasteiger partial charge in [-0.1, -0.05) is 31.5 Å². The van der Waals surface area contributed by atoms with Crippen molar-refractivity contribution in [1.29, 1.82) is 0 Å². The molecule has 0 unspecified atom stereocenters. The minimum Gasteiger partial charge on any atom is -0.389 e. The second-order valence-corrected chi connectivity index (χ2v) is 4.35. The molecule has 0 atom stereocenters. The van der Waals surface area contributed by atoms with E-state index in [1.165, 1.54) is 0 Å². The summed E-state index contributed by atoms with van der Waals surface area (Å²) in [5.41, 5.74) is 0.341. The SMILES string of the molecule is CCC(O)(CC)CNCc1cccnc1Cl. The lowest BCUT2D eigenvalue weighted by Crippen LogP contribution is -2.39. The van der Waals surface area contributed by atoms with Gasteiger partial charge in [0, 0.05) is 24.8 Å². The van der Waals surface area contributed by atoms with E-state index >= 15 is 0 Å². The Morgan fingerprint density at radius 1 is 1.44 bits per heavy atom. The van der Waals surface area contributed by atoms with Crippen molar-refractivity contribution >= 4 is 11.6 Å². The summed E-state index contributed by atoms with van der Waals surface area (Å²) in [7, 11) is 0.